The molecule has 0 aliphatic rings. The van der Waals surface area contributed by atoms with E-state index in [4.69, 9.17) is 5.73 Å². The number of nitrogens with zero attached hydrogens (tertiary/aromatic N) is 1. The number of pyridine rings is 1. The van der Waals surface area contributed by atoms with Crippen molar-refractivity contribution in [3.63, 3.8) is 0 Å². The van der Waals surface area contributed by atoms with Gasteiger partial charge in [0.15, 0.2) is 0 Å². The molecule has 0 saturated heterocycles. The van der Waals surface area contributed by atoms with Gasteiger partial charge in [-0.3, -0.25) is 9.78 Å². The molecule has 0 fully saturated rings. The van der Waals surface area contributed by atoms with E-state index in [-0.39, 0.29) is 5.12 Å². The van der Waals surface area contributed by atoms with Crippen molar-refractivity contribution < 1.29 is 4.79 Å². The molecule has 0 aliphatic heterocycles. The molecule has 0 aliphatic carbocycles. The highest BCUT2D eigenvalue weighted by atomic mass is 32.1. The van der Waals surface area contributed by atoms with Crippen LogP contribution in [0.4, 0.5) is 0 Å². The largest absolute Gasteiger partial charge is 0.321 e. The van der Waals surface area contributed by atoms with Gasteiger partial charge < -0.3 is 5.73 Å². The highest BCUT2D eigenvalue weighted by Crippen LogP contribution is 2.05. The average Bonchev–Trinajstić information content (AvgIpc) is 2.19. The summed E-state index contributed by atoms with van der Waals surface area (Å²) in [5.74, 6) is 0. The van der Waals surface area contributed by atoms with Gasteiger partial charge in [-0.05, 0) is 37.0 Å². The lowest BCUT2D eigenvalue weighted by atomic mass is 10.1. The molecule has 76 valence electrons. The Hall–Kier alpha value is -0.870. The summed E-state index contributed by atoms with van der Waals surface area (Å²) in [5.41, 5.74) is 6.76. The van der Waals surface area contributed by atoms with Crippen LogP contribution in [0, 0.1) is 0 Å². The van der Waals surface area contributed by atoms with E-state index < -0.39 is 6.04 Å². The van der Waals surface area contributed by atoms with Gasteiger partial charge in [0.05, 0.1) is 6.04 Å². The first kappa shape index (κ1) is 11.2. The summed E-state index contributed by atoms with van der Waals surface area (Å²) in [4.78, 5) is 14.6. The summed E-state index contributed by atoms with van der Waals surface area (Å²) in [6.45, 7) is 0. The van der Waals surface area contributed by atoms with Crippen molar-refractivity contribution >= 4 is 17.7 Å². The summed E-state index contributed by atoms with van der Waals surface area (Å²) in [6.07, 6.45) is 6.04. The predicted octanol–water partition coefficient (Wildman–Crippen LogP) is 1.19. The second kappa shape index (κ2) is 5.78. The summed E-state index contributed by atoms with van der Waals surface area (Å²) in [6, 6.07) is 3.50. The zero-order chi connectivity index (χ0) is 10.4. The van der Waals surface area contributed by atoms with Crippen molar-refractivity contribution in [2.45, 2.75) is 25.3 Å². The molecule has 1 atom stereocenters. The van der Waals surface area contributed by atoms with E-state index in [9.17, 15) is 4.79 Å². The van der Waals surface area contributed by atoms with Crippen LogP contribution in [0.5, 0.6) is 0 Å². The molecule has 0 saturated carbocycles. The second-order valence-electron chi connectivity index (χ2n) is 3.19. The molecule has 4 heteroatoms. The standard InChI is InChI=1S/C10H14N2OS/c11-9(10(13)14)3-1-2-8-4-6-12-7-5-8/h4-7,9H,1-3,11H2,(H,13,14)/t9-/m1/s1. The Morgan fingerprint density at radius 2 is 2.14 bits per heavy atom. The van der Waals surface area contributed by atoms with Gasteiger partial charge in [0, 0.05) is 12.4 Å². The molecule has 1 aromatic rings. The van der Waals surface area contributed by atoms with E-state index in [2.05, 4.69) is 17.6 Å². The lowest BCUT2D eigenvalue weighted by molar-refractivity contribution is -0.112. The summed E-state index contributed by atoms with van der Waals surface area (Å²) < 4.78 is 0. The zero-order valence-corrected chi connectivity index (χ0v) is 8.78. The Bertz CT molecular complexity index is 289. The molecule has 0 radical (unpaired) electrons. The molecule has 1 aromatic heterocycles. The van der Waals surface area contributed by atoms with Crippen molar-refractivity contribution in [2.24, 2.45) is 5.73 Å². The van der Waals surface area contributed by atoms with Crippen molar-refractivity contribution in [3.05, 3.63) is 30.1 Å². The summed E-state index contributed by atoms with van der Waals surface area (Å²) in [7, 11) is 0. The minimum Gasteiger partial charge on any atom is -0.321 e. The number of hydrogen-bond donors (Lipinski definition) is 2. The van der Waals surface area contributed by atoms with Gasteiger partial charge >= 0.3 is 0 Å². The molecule has 0 amide bonds. The van der Waals surface area contributed by atoms with Crippen LogP contribution >= 0.6 is 12.6 Å². The maximum atomic E-state index is 10.7. The lowest BCUT2D eigenvalue weighted by Crippen LogP contribution is -2.26. The highest BCUT2D eigenvalue weighted by molar-refractivity contribution is 7.96. The van der Waals surface area contributed by atoms with Gasteiger partial charge in [0.2, 0.25) is 5.12 Å². The molecule has 1 rings (SSSR count). The minimum absolute atomic E-state index is 0.236. The molecule has 1 heterocycles. The molecule has 0 unspecified atom stereocenters. The van der Waals surface area contributed by atoms with Gasteiger partial charge in [-0.25, -0.2) is 0 Å². The normalized spacial score (nSPS) is 12.4. The van der Waals surface area contributed by atoms with Crippen LogP contribution < -0.4 is 5.73 Å². The SMILES string of the molecule is N[C@H](CCCc1ccncc1)C(=O)S. The van der Waals surface area contributed by atoms with Crippen molar-refractivity contribution in [3.8, 4) is 0 Å². The summed E-state index contributed by atoms with van der Waals surface area (Å²) >= 11 is 3.68. The fourth-order valence-corrected chi connectivity index (χ4v) is 1.33. The van der Waals surface area contributed by atoms with Gasteiger partial charge in [-0.15, -0.1) is 12.6 Å². The third-order valence-corrected chi connectivity index (χ3v) is 2.38. The number of thiol groups is 1. The van der Waals surface area contributed by atoms with Crippen LogP contribution in [0.3, 0.4) is 0 Å². The van der Waals surface area contributed by atoms with E-state index in [1.807, 2.05) is 12.1 Å². The van der Waals surface area contributed by atoms with Gasteiger partial charge in [0.1, 0.15) is 0 Å². The van der Waals surface area contributed by atoms with Crippen molar-refractivity contribution in [1.29, 1.82) is 0 Å². The summed E-state index contributed by atoms with van der Waals surface area (Å²) in [5, 5.41) is -0.236. The first-order valence-corrected chi connectivity index (χ1v) is 5.02. The van der Waals surface area contributed by atoms with Crippen LogP contribution in [-0.2, 0) is 11.2 Å². The predicted molar refractivity (Wildman–Crippen MR) is 59.1 cm³/mol. The van der Waals surface area contributed by atoms with Gasteiger partial charge in [0.25, 0.3) is 0 Å². The zero-order valence-electron chi connectivity index (χ0n) is 7.89. The number of carbonyl (C=O) groups excluding carboxylic acids is 1. The van der Waals surface area contributed by atoms with Crippen LogP contribution in [0.1, 0.15) is 18.4 Å². The Morgan fingerprint density at radius 1 is 1.50 bits per heavy atom. The molecular formula is C10H14N2OS. The maximum absolute atomic E-state index is 10.7. The van der Waals surface area contributed by atoms with E-state index in [0.29, 0.717) is 6.42 Å². The molecular weight excluding hydrogens is 196 g/mol. The van der Waals surface area contributed by atoms with E-state index in [1.54, 1.807) is 12.4 Å². The molecule has 14 heavy (non-hydrogen) atoms. The third kappa shape index (κ3) is 3.89. The average molecular weight is 210 g/mol. The highest BCUT2D eigenvalue weighted by Gasteiger charge is 2.07. The molecule has 0 aromatic carbocycles. The quantitative estimate of drug-likeness (QED) is 0.718. The number of carbonyl (C=O) groups is 1. The second-order valence-corrected chi connectivity index (χ2v) is 3.63. The fourth-order valence-electron chi connectivity index (χ4n) is 1.20. The topological polar surface area (TPSA) is 56.0 Å². The van der Waals surface area contributed by atoms with E-state index in [0.717, 1.165) is 12.8 Å². The van der Waals surface area contributed by atoms with Crippen molar-refractivity contribution in [1.82, 2.24) is 4.98 Å². The smallest absolute Gasteiger partial charge is 0.202 e. The fraction of sp³-hybridized carbons (Fsp3) is 0.400. The van der Waals surface area contributed by atoms with E-state index >= 15 is 0 Å². The van der Waals surface area contributed by atoms with Crippen LogP contribution in [0.25, 0.3) is 0 Å². The van der Waals surface area contributed by atoms with Crippen LogP contribution in [0.2, 0.25) is 0 Å². The Kier molecular flexibility index (Phi) is 4.62. The first-order valence-electron chi connectivity index (χ1n) is 4.57. The third-order valence-electron chi connectivity index (χ3n) is 2.05. The number of aromatic nitrogens is 1. The molecule has 0 spiro atoms. The molecule has 0 bridgehead atoms. The Balaban J connectivity index is 2.26. The maximum Gasteiger partial charge on any atom is 0.202 e. The monoisotopic (exact) mass is 210 g/mol. The Labute approximate surface area is 89.1 Å². The lowest BCUT2D eigenvalue weighted by Gasteiger charge is -2.06. The number of rotatable bonds is 5. The van der Waals surface area contributed by atoms with Crippen LogP contribution in [0.15, 0.2) is 24.5 Å². The first-order chi connectivity index (χ1) is 6.70. The van der Waals surface area contributed by atoms with Crippen molar-refractivity contribution in [2.75, 3.05) is 0 Å². The number of nitrogens with two attached hydrogens (primary N) is 1. The Morgan fingerprint density at radius 3 is 2.71 bits per heavy atom. The van der Waals surface area contributed by atoms with E-state index in [1.165, 1.54) is 5.56 Å². The van der Waals surface area contributed by atoms with Crippen LogP contribution in [-0.4, -0.2) is 16.1 Å². The molecule has 3 nitrogen and oxygen atoms in total. The van der Waals surface area contributed by atoms with Gasteiger partial charge in [-0.2, -0.15) is 0 Å². The number of aryl methyl sites for hydroxylation is 1. The number of hydrogen-bond acceptors (Lipinski definition) is 3. The van der Waals surface area contributed by atoms with Gasteiger partial charge in [-0.1, -0.05) is 0 Å². The molecule has 2 N–H and O–H groups in total. The minimum atomic E-state index is -0.430.